The molecule has 1 aromatic carbocycles. The maximum absolute atomic E-state index is 12.6. The van der Waals surface area contributed by atoms with Gasteiger partial charge in [0.2, 0.25) is 5.91 Å². The molecule has 0 spiro atoms. The van der Waals surface area contributed by atoms with Gasteiger partial charge in [-0.2, -0.15) is 0 Å². The smallest absolute Gasteiger partial charge is 0.317 e. The summed E-state index contributed by atoms with van der Waals surface area (Å²) in [6.07, 6.45) is 4.93. The minimum atomic E-state index is 0.0648. The maximum Gasteiger partial charge on any atom is 0.317 e. The third-order valence-electron chi connectivity index (χ3n) is 5.55. The van der Waals surface area contributed by atoms with Gasteiger partial charge in [-0.25, -0.2) is 4.79 Å². The van der Waals surface area contributed by atoms with Crippen LogP contribution in [0.15, 0.2) is 30.3 Å². The van der Waals surface area contributed by atoms with Crippen molar-refractivity contribution in [2.75, 3.05) is 26.2 Å². The lowest BCUT2D eigenvalue weighted by Gasteiger charge is -2.33. The molecule has 0 radical (unpaired) electrons. The number of likely N-dealkylation sites (tertiary alicyclic amines) is 2. The molecular formula is C20H29N3O2. The highest BCUT2D eigenvalue weighted by Crippen LogP contribution is 2.27. The number of amides is 3. The Kier molecular flexibility index (Phi) is 5.95. The van der Waals surface area contributed by atoms with Crippen LogP contribution in [-0.2, 0) is 4.79 Å². The average Bonchev–Trinajstić information content (AvgIpc) is 2.89. The number of rotatable bonds is 2. The molecule has 1 aromatic rings. The van der Waals surface area contributed by atoms with E-state index in [1.807, 2.05) is 9.80 Å². The van der Waals surface area contributed by atoms with Crippen molar-refractivity contribution >= 4 is 11.9 Å². The van der Waals surface area contributed by atoms with Gasteiger partial charge in [0.1, 0.15) is 0 Å². The molecule has 0 unspecified atom stereocenters. The predicted molar refractivity (Wildman–Crippen MR) is 98.4 cm³/mol. The third-order valence-corrected chi connectivity index (χ3v) is 5.55. The molecule has 2 aliphatic heterocycles. The average molecular weight is 343 g/mol. The SMILES string of the molecule is CC(=O)N1CCC(NC(=O)N2CCC[C@@H](c3ccccc3)CC2)CC1. The number of nitrogens with one attached hydrogen (secondary N) is 1. The lowest BCUT2D eigenvalue weighted by Crippen LogP contribution is -2.50. The Balaban J connectivity index is 1.48. The van der Waals surface area contributed by atoms with E-state index in [1.54, 1.807) is 6.92 Å². The minimum Gasteiger partial charge on any atom is -0.343 e. The highest BCUT2D eigenvalue weighted by molar-refractivity contribution is 5.75. The fourth-order valence-electron chi connectivity index (χ4n) is 3.96. The van der Waals surface area contributed by atoms with E-state index in [4.69, 9.17) is 0 Å². The molecular weight excluding hydrogens is 314 g/mol. The molecule has 0 aliphatic carbocycles. The Morgan fingerprint density at radius 1 is 0.920 bits per heavy atom. The van der Waals surface area contributed by atoms with Crippen molar-refractivity contribution in [2.24, 2.45) is 0 Å². The van der Waals surface area contributed by atoms with Crippen molar-refractivity contribution in [3.63, 3.8) is 0 Å². The van der Waals surface area contributed by atoms with Crippen LogP contribution in [0.2, 0.25) is 0 Å². The van der Waals surface area contributed by atoms with Gasteiger partial charge in [-0.05, 0) is 43.6 Å². The monoisotopic (exact) mass is 343 g/mol. The van der Waals surface area contributed by atoms with Crippen molar-refractivity contribution in [2.45, 2.75) is 51.0 Å². The topological polar surface area (TPSA) is 52.7 Å². The Bertz CT molecular complexity index is 582. The second kappa shape index (κ2) is 8.37. The van der Waals surface area contributed by atoms with E-state index in [-0.39, 0.29) is 18.0 Å². The van der Waals surface area contributed by atoms with E-state index in [1.165, 1.54) is 5.56 Å². The molecule has 2 aliphatic rings. The Hall–Kier alpha value is -2.04. The van der Waals surface area contributed by atoms with Gasteiger partial charge >= 0.3 is 6.03 Å². The number of carbonyl (C=O) groups is 2. The number of hydrogen-bond donors (Lipinski definition) is 1. The van der Waals surface area contributed by atoms with E-state index in [0.717, 1.165) is 58.3 Å². The van der Waals surface area contributed by atoms with Crippen molar-refractivity contribution in [3.05, 3.63) is 35.9 Å². The molecule has 2 heterocycles. The van der Waals surface area contributed by atoms with Gasteiger partial charge in [-0.3, -0.25) is 4.79 Å². The van der Waals surface area contributed by atoms with Gasteiger partial charge < -0.3 is 15.1 Å². The van der Waals surface area contributed by atoms with Crippen molar-refractivity contribution < 1.29 is 9.59 Å². The zero-order valence-corrected chi connectivity index (χ0v) is 15.1. The zero-order valence-electron chi connectivity index (χ0n) is 15.1. The van der Waals surface area contributed by atoms with Gasteiger partial charge in [0.15, 0.2) is 0 Å². The van der Waals surface area contributed by atoms with E-state index >= 15 is 0 Å². The lowest BCUT2D eigenvalue weighted by molar-refractivity contribution is -0.129. The highest BCUT2D eigenvalue weighted by atomic mass is 16.2. The number of benzene rings is 1. The van der Waals surface area contributed by atoms with Crippen LogP contribution in [0.1, 0.15) is 50.5 Å². The number of nitrogens with zero attached hydrogens (tertiary/aromatic N) is 2. The van der Waals surface area contributed by atoms with Gasteiger partial charge in [0, 0.05) is 39.1 Å². The van der Waals surface area contributed by atoms with Crippen LogP contribution in [0.3, 0.4) is 0 Å². The summed E-state index contributed by atoms with van der Waals surface area (Å²) < 4.78 is 0. The molecule has 3 rings (SSSR count). The molecule has 1 N–H and O–H groups in total. The van der Waals surface area contributed by atoms with E-state index in [2.05, 4.69) is 35.6 Å². The molecule has 3 amide bonds. The summed E-state index contributed by atoms with van der Waals surface area (Å²) in [4.78, 5) is 27.8. The van der Waals surface area contributed by atoms with E-state index in [0.29, 0.717) is 5.92 Å². The highest BCUT2D eigenvalue weighted by Gasteiger charge is 2.26. The zero-order chi connectivity index (χ0) is 17.6. The summed E-state index contributed by atoms with van der Waals surface area (Å²) in [6, 6.07) is 10.9. The van der Waals surface area contributed by atoms with E-state index < -0.39 is 0 Å². The fourth-order valence-corrected chi connectivity index (χ4v) is 3.96. The number of urea groups is 1. The predicted octanol–water partition coefficient (Wildman–Crippen LogP) is 2.98. The van der Waals surface area contributed by atoms with Gasteiger partial charge in [-0.15, -0.1) is 0 Å². The Morgan fingerprint density at radius 3 is 2.28 bits per heavy atom. The molecule has 0 saturated carbocycles. The second-order valence-corrected chi connectivity index (χ2v) is 7.26. The van der Waals surface area contributed by atoms with Gasteiger partial charge in [-0.1, -0.05) is 30.3 Å². The first-order valence-corrected chi connectivity index (χ1v) is 9.49. The van der Waals surface area contributed by atoms with Gasteiger partial charge in [0.25, 0.3) is 0 Å². The summed E-state index contributed by atoms with van der Waals surface area (Å²) in [5, 5.41) is 3.18. The standard InChI is InChI=1S/C20H29N3O2/c1-16(24)22-14-10-19(11-15-22)21-20(25)23-12-5-8-18(9-13-23)17-6-3-2-4-7-17/h2-4,6-7,18-19H,5,8-15H2,1H3,(H,21,25)/t18-/m1/s1. The van der Waals surface area contributed by atoms with Crippen molar-refractivity contribution in [1.29, 1.82) is 0 Å². The van der Waals surface area contributed by atoms with Crippen LogP contribution >= 0.6 is 0 Å². The van der Waals surface area contributed by atoms with Gasteiger partial charge in [0.05, 0.1) is 0 Å². The van der Waals surface area contributed by atoms with E-state index in [9.17, 15) is 9.59 Å². The first kappa shape index (κ1) is 17.8. The number of hydrogen-bond acceptors (Lipinski definition) is 2. The molecule has 25 heavy (non-hydrogen) atoms. The molecule has 0 aromatic heterocycles. The summed E-state index contributed by atoms with van der Waals surface area (Å²) in [5.41, 5.74) is 1.39. The normalized spacial score (nSPS) is 22.4. The fraction of sp³-hybridized carbons (Fsp3) is 0.600. The molecule has 5 nitrogen and oxygen atoms in total. The summed E-state index contributed by atoms with van der Waals surface area (Å²) >= 11 is 0. The van der Waals surface area contributed by atoms with Crippen LogP contribution in [0, 0.1) is 0 Å². The maximum atomic E-state index is 12.6. The van der Waals surface area contributed by atoms with Crippen LogP contribution in [0.4, 0.5) is 4.79 Å². The van der Waals surface area contributed by atoms with Crippen molar-refractivity contribution in [1.82, 2.24) is 15.1 Å². The summed E-state index contributed by atoms with van der Waals surface area (Å²) in [5.74, 6) is 0.682. The summed E-state index contributed by atoms with van der Waals surface area (Å²) in [7, 11) is 0. The molecule has 136 valence electrons. The van der Waals surface area contributed by atoms with Crippen LogP contribution in [-0.4, -0.2) is 54.0 Å². The second-order valence-electron chi connectivity index (χ2n) is 7.26. The van der Waals surface area contributed by atoms with Crippen LogP contribution in [0.5, 0.6) is 0 Å². The summed E-state index contributed by atoms with van der Waals surface area (Å²) in [6.45, 7) is 4.76. The minimum absolute atomic E-state index is 0.0648. The van der Waals surface area contributed by atoms with Crippen molar-refractivity contribution in [3.8, 4) is 0 Å². The Morgan fingerprint density at radius 2 is 1.60 bits per heavy atom. The van der Waals surface area contributed by atoms with Crippen LogP contribution < -0.4 is 5.32 Å². The first-order valence-electron chi connectivity index (χ1n) is 9.49. The molecule has 2 fully saturated rings. The molecule has 5 heteroatoms. The molecule has 1 atom stereocenters. The Labute approximate surface area is 150 Å². The first-order chi connectivity index (χ1) is 12.1. The quantitative estimate of drug-likeness (QED) is 0.897. The number of piperidine rings is 1. The molecule has 0 bridgehead atoms. The largest absolute Gasteiger partial charge is 0.343 e. The molecule has 2 saturated heterocycles. The van der Waals surface area contributed by atoms with Crippen LogP contribution in [0.25, 0.3) is 0 Å². The lowest BCUT2D eigenvalue weighted by atomic mass is 9.92. The third kappa shape index (κ3) is 4.74. The number of carbonyl (C=O) groups excluding carboxylic acids is 2.